The van der Waals surface area contributed by atoms with Gasteiger partial charge in [-0.1, -0.05) is 19.1 Å². The highest BCUT2D eigenvalue weighted by molar-refractivity contribution is 5.51. The first-order valence-electron chi connectivity index (χ1n) is 6.47. The molecule has 2 N–H and O–H groups in total. The first kappa shape index (κ1) is 12.4. The predicted octanol–water partition coefficient (Wildman–Crippen LogP) is 2.05. The highest BCUT2D eigenvalue weighted by atomic mass is 16.5. The third-order valence-corrected chi connectivity index (χ3v) is 3.29. The van der Waals surface area contributed by atoms with Crippen LogP contribution in [0.25, 0.3) is 0 Å². The first-order chi connectivity index (χ1) is 8.31. The van der Waals surface area contributed by atoms with E-state index >= 15 is 0 Å². The lowest BCUT2D eigenvalue weighted by Gasteiger charge is -2.29. The lowest BCUT2D eigenvalue weighted by molar-refractivity contribution is 0.0997. The largest absolute Gasteiger partial charge is 0.398 e. The number of nitrogen functional groups attached to an aromatic ring is 1. The van der Waals surface area contributed by atoms with E-state index in [9.17, 15) is 0 Å². The lowest BCUT2D eigenvalue weighted by atomic mass is 9.98. The van der Waals surface area contributed by atoms with Crippen molar-refractivity contribution in [2.45, 2.75) is 26.3 Å². The molecule has 3 nitrogen and oxygen atoms in total. The van der Waals surface area contributed by atoms with Gasteiger partial charge in [-0.15, -0.1) is 0 Å². The topological polar surface area (TPSA) is 38.5 Å². The van der Waals surface area contributed by atoms with Crippen LogP contribution in [0.2, 0.25) is 0 Å². The molecule has 0 saturated carbocycles. The zero-order chi connectivity index (χ0) is 12.1. The monoisotopic (exact) mass is 234 g/mol. The number of rotatable bonds is 5. The summed E-state index contributed by atoms with van der Waals surface area (Å²) in [6, 6.07) is 6.24. The Hall–Kier alpha value is -1.06. The van der Waals surface area contributed by atoms with Gasteiger partial charge in [0.05, 0.1) is 6.61 Å². The Morgan fingerprint density at radius 1 is 1.35 bits per heavy atom. The van der Waals surface area contributed by atoms with E-state index in [1.165, 1.54) is 11.1 Å². The third-order valence-electron chi connectivity index (χ3n) is 3.29. The molecule has 1 aliphatic heterocycles. The van der Waals surface area contributed by atoms with Gasteiger partial charge < -0.3 is 10.5 Å². The van der Waals surface area contributed by atoms with Crippen LogP contribution in [0.4, 0.5) is 5.69 Å². The van der Waals surface area contributed by atoms with Gasteiger partial charge in [-0.3, -0.25) is 4.90 Å². The minimum absolute atomic E-state index is 0.829. The highest BCUT2D eigenvalue weighted by Gasteiger charge is 2.17. The molecule has 1 heterocycles. The number of fused-ring (bicyclic) bond motifs is 1. The molecule has 0 spiro atoms. The van der Waals surface area contributed by atoms with Crippen molar-refractivity contribution in [1.29, 1.82) is 0 Å². The molecule has 0 aromatic heterocycles. The van der Waals surface area contributed by atoms with Crippen molar-refractivity contribution in [3.8, 4) is 0 Å². The zero-order valence-corrected chi connectivity index (χ0v) is 10.6. The molecular weight excluding hydrogens is 212 g/mol. The minimum Gasteiger partial charge on any atom is -0.398 e. The van der Waals surface area contributed by atoms with E-state index in [0.29, 0.717) is 0 Å². The second-order valence-electron chi connectivity index (χ2n) is 4.62. The number of ether oxygens (including phenoxy) is 1. The van der Waals surface area contributed by atoms with Crippen LogP contribution in [0.5, 0.6) is 0 Å². The van der Waals surface area contributed by atoms with Crippen molar-refractivity contribution in [1.82, 2.24) is 4.90 Å². The Morgan fingerprint density at radius 3 is 3.06 bits per heavy atom. The Morgan fingerprint density at radius 2 is 2.24 bits per heavy atom. The van der Waals surface area contributed by atoms with Gasteiger partial charge in [0.2, 0.25) is 0 Å². The molecule has 0 saturated heterocycles. The molecule has 1 aromatic rings. The second kappa shape index (κ2) is 6.03. The number of nitrogens with two attached hydrogens (primary N) is 1. The van der Waals surface area contributed by atoms with Crippen molar-refractivity contribution in [3.05, 3.63) is 29.3 Å². The molecule has 2 rings (SSSR count). The van der Waals surface area contributed by atoms with E-state index in [0.717, 1.165) is 51.4 Å². The number of nitrogens with zero attached hydrogens (tertiary/aromatic N) is 1. The summed E-state index contributed by atoms with van der Waals surface area (Å²) in [5.74, 6) is 0. The summed E-state index contributed by atoms with van der Waals surface area (Å²) in [4.78, 5) is 2.42. The molecule has 3 heteroatoms. The minimum atomic E-state index is 0.829. The highest BCUT2D eigenvalue weighted by Crippen LogP contribution is 2.23. The van der Waals surface area contributed by atoms with E-state index < -0.39 is 0 Å². The van der Waals surface area contributed by atoms with Gasteiger partial charge >= 0.3 is 0 Å². The van der Waals surface area contributed by atoms with Crippen LogP contribution in [0.3, 0.4) is 0 Å². The van der Waals surface area contributed by atoms with E-state index in [2.05, 4.69) is 17.9 Å². The fraction of sp³-hybridized carbons (Fsp3) is 0.571. The average Bonchev–Trinajstić information content (AvgIpc) is 2.36. The quantitative estimate of drug-likeness (QED) is 0.626. The Balaban J connectivity index is 1.87. The molecule has 94 valence electrons. The predicted molar refractivity (Wildman–Crippen MR) is 70.9 cm³/mol. The van der Waals surface area contributed by atoms with Gasteiger partial charge in [-0.2, -0.15) is 0 Å². The van der Waals surface area contributed by atoms with Crippen molar-refractivity contribution < 1.29 is 4.74 Å². The van der Waals surface area contributed by atoms with Gasteiger partial charge in [0.15, 0.2) is 0 Å². The maximum absolute atomic E-state index is 6.02. The first-order valence-corrected chi connectivity index (χ1v) is 6.47. The van der Waals surface area contributed by atoms with Crippen LogP contribution in [0, 0.1) is 0 Å². The van der Waals surface area contributed by atoms with Crippen LogP contribution >= 0.6 is 0 Å². The molecule has 0 aliphatic carbocycles. The molecule has 0 unspecified atom stereocenters. The average molecular weight is 234 g/mol. The van der Waals surface area contributed by atoms with Gasteiger partial charge in [-0.05, 0) is 30.0 Å². The molecule has 0 atom stereocenters. The molecule has 1 aliphatic rings. The van der Waals surface area contributed by atoms with Gasteiger partial charge in [0.25, 0.3) is 0 Å². The summed E-state index contributed by atoms with van der Waals surface area (Å²) in [5, 5.41) is 0. The van der Waals surface area contributed by atoms with Crippen molar-refractivity contribution in [2.24, 2.45) is 0 Å². The van der Waals surface area contributed by atoms with Gasteiger partial charge in [0, 0.05) is 31.9 Å². The lowest BCUT2D eigenvalue weighted by Crippen LogP contribution is -2.33. The fourth-order valence-corrected chi connectivity index (χ4v) is 2.29. The number of hydrogen-bond donors (Lipinski definition) is 1. The van der Waals surface area contributed by atoms with E-state index in [4.69, 9.17) is 10.5 Å². The smallest absolute Gasteiger partial charge is 0.0593 e. The number of benzene rings is 1. The zero-order valence-electron chi connectivity index (χ0n) is 10.6. The van der Waals surface area contributed by atoms with Crippen LogP contribution < -0.4 is 5.73 Å². The van der Waals surface area contributed by atoms with Crippen LogP contribution in [-0.2, 0) is 17.7 Å². The summed E-state index contributed by atoms with van der Waals surface area (Å²) in [5.41, 5.74) is 9.68. The molecule has 0 amide bonds. The summed E-state index contributed by atoms with van der Waals surface area (Å²) in [6.45, 7) is 6.93. The van der Waals surface area contributed by atoms with E-state index in [1.807, 2.05) is 12.1 Å². The van der Waals surface area contributed by atoms with Crippen molar-refractivity contribution in [2.75, 3.05) is 32.0 Å². The second-order valence-corrected chi connectivity index (χ2v) is 4.62. The van der Waals surface area contributed by atoms with E-state index in [-0.39, 0.29) is 0 Å². The summed E-state index contributed by atoms with van der Waals surface area (Å²) >= 11 is 0. The summed E-state index contributed by atoms with van der Waals surface area (Å²) in [6.07, 6.45) is 2.20. The maximum Gasteiger partial charge on any atom is 0.0593 e. The fourth-order valence-electron chi connectivity index (χ4n) is 2.29. The van der Waals surface area contributed by atoms with Gasteiger partial charge in [-0.25, -0.2) is 0 Å². The third kappa shape index (κ3) is 3.20. The molecule has 0 fully saturated rings. The van der Waals surface area contributed by atoms with Gasteiger partial charge in [0.1, 0.15) is 0 Å². The normalized spacial score (nSPS) is 15.8. The van der Waals surface area contributed by atoms with Crippen molar-refractivity contribution in [3.63, 3.8) is 0 Å². The molecular formula is C14H22N2O. The SMILES string of the molecule is CCCOCCN1CCc2cccc(N)c2C1. The van der Waals surface area contributed by atoms with Crippen LogP contribution in [0.1, 0.15) is 24.5 Å². The Bertz CT molecular complexity index is 365. The Kier molecular flexibility index (Phi) is 4.40. The summed E-state index contributed by atoms with van der Waals surface area (Å²) in [7, 11) is 0. The van der Waals surface area contributed by atoms with E-state index in [1.54, 1.807) is 0 Å². The molecule has 17 heavy (non-hydrogen) atoms. The molecule has 0 radical (unpaired) electrons. The summed E-state index contributed by atoms with van der Waals surface area (Å²) < 4.78 is 5.53. The number of anilines is 1. The Labute approximate surface area is 104 Å². The number of hydrogen-bond acceptors (Lipinski definition) is 3. The molecule has 0 bridgehead atoms. The van der Waals surface area contributed by atoms with Crippen LogP contribution in [0.15, 0.2) is 18.2 Å². The van der Waals surface area contributed by atoms with Crippen LogP contribution in [-0.4, -0.2) is 31.2 Å². The maximum atomic E-state index is 6.02. The molecule has 1 aromatic carbocycles. The standard InChI is InChI=1S/C14H22N2O/c1-2-9-17-10-8-16-7-6-12-4-3-5-14(15)13(12)11-16/h3-5H,2,6-11,15H2,1H3. The van der Waals surface area contributed by atoms with Crippen molar-refractivity contribution >= 4 is 5.69 Å².